The van der Waals surface area contributed by atoms with Gasteiger partial charge in [-0.1, -0.05) is 135 Å². The molecular weight excluding hydrogens is 496 g/mol. The van der Waals surface area contributed by atoms with Crippen molar-refractivity contribution in [3.63, 3.8) is 0 Å². The molecule has 0 N–H and O–H groups in total. The summed E-state index contributed by atoms with van der Waals surface area (Å²) in [6.45, 7) is 22.6. The van der Waals surface area contributed by atoms with E-state index in [1.807, 2.05) is 0 Å². The molecule has 2 atom stereocenters. The Bertz CT molecular complexity index is 1260. The largest absolute Gasteiger partial charge is 0.358 e. The van der Waals surface area contributed by atoms with Crippen LogP contribution in [0.1, 0.15) is 108 Å². The molecular formula is C40H56O. The Balaban J connectivity index is 1.49. The Hall–Kier alpha value is -2.64. The number of allylic oxidation sites excluding steroid dienone is 19. The third-order valence-electron chi connectivity index (χ3n) is 9.49. The summed E-state index contributed by atoms with van der Waals surface area (Å²) in [7, 11) is 0. The highest BCUT2D eigenvalue weighted by Gasteiger charge is 2.73. The van der Waals surface area contributed by atoms with E-state index in [0.717, 1.165) is 6.42 Å². The van der Waals surface area contributed by atoms with Gasteiger partial charge in [0.05, 0.1) is 5.60 Å². The van der Waals surface area contributed by atoms with E-state index in [0.29, 0.717) is 0 Å². The van der Waals surface area contributed by atoms with E-state index in [-0.39, 0.29) is 22.0 Å². The second-order valence-corrected chi connectivity index (χ2v) is 14.1. The van der Waals surface area contributed by atoms with Crippen molar-refractivity contribution in [3.8, 4) is 0 Å². The zero-order valence-electron chi connectivity index (χ0n) is 27.7. The van der Waals surface area contributed by atoms with Gasteiger partial charge >= 0.3 is 0 Å². The molecule has 0 aromatic heterocycles. The summed E-state index contributed by atoms with van der Waals surface area (Å²) in [6.07, 6.45) is 38.1. The minimum atomic E-state index is -0.103. The van der Waals surface area contributed by atoms with E-state index in [2.05, 4.69) is 154 Å². The summed E-state index contributed by atoms with van der Waals surface area (Å²) in [5.74, 6) is 0. The van der Waals surface area contributed by atoms with E-state index >= 15 is 0 Å². The van der Waals surface area contributed by atoms with Crippen LogP contribution >= 0.6 is 0 Å². The third kappa shape index (κ3) is 8.45. The van der Waals surface area contributed by atoms with Crippen molar-refractivity contribution >= 4 is 0 Å². The number of hydrogen-bond acceptors (Lipinski definition) is 1. The molecule has 2 unspecified atom stereocenters. The van der Waals surface area contributed by atoms with Crippen molar-refractivity contribution < 1.29 is 4.74 Å². The molecule has 1 heterocycles. The summed E-state index contributed by atoms with van der Waals surface area (Å²) < 4.78 is 6.34. The van der Waals surface area contributed by atoms with E-state index in [9.17, 15) is 0 Å². The molecule has 1 heteroatoms. The SMILES string of the molecule is CC1=C(\C=C/C(C)=C\C=C\C(C)=C/C=C/C=C(C)/C=C/C=C(C)\C=C\C23OC2(C)CCCC3(C)C)C(C)(C)CCC1. The van der Waals surface area contributed by atoms with Crippen molar-refractivity contribution in [2.75, 3.05) is 0 Å². The van der Waals surface area contributed by atoms with Gasteiger partial charge in [0.25, 0.3) is 0 Å². The maximum absolute atomic E-state index is 6.34. The first-order chi connectivity index (χ1) is 19.2. The Morgan fingerprint density at radius 2 is 1.17 bits per heavy atom. The summed E-state index contributed by atoms with van der Waals surface area (Å²) in [4.78, 5) is 0. The molecule has 1 saturated heterocycles. The van der Waals surface area contributed by atoms with Crippen molar-refractivity contribution in [1.29, 1.82) is 0 Å². The van der Waals surface area contributed by atoms with Gasteiger partial charge in [-0.3, -0.25) is 0 Å². The lowest BCUT2D eigenvalue weighted by atomic mass is 9.64. The predicted octanol–water partition coefficient (Wildman–Crippen LogP) is 11.8. The summed E-state index contributed by atoms with van der Waals surface area (Å²) in [5.41, 5.74) is 8.42. The van der Waals surface area contributed by atoms with Crippen molar-refractivity contribution in [2.45, 2.75) is 119 Å². The molecule has 2 aliphatic carbocycles. The molecule has 0 bridgehead atoms. The highest BCUT2D eigenvalue weighted by Crippen LogP contribution is 2.66. The molecule has 0 aromatic carbocycles. The fourth-order valence-corrected chi connectivity index (χ4v) is 6.72. The molecule has 3 rings (SSSR count). The molecule has 0 radical (unpaired) electrons. The van der Waals surface area contributed by atoms with Gasteiger partial charge in [-0.05, 0) is 97.1 Å². The zero-order chi connectivity index (χ0) is 30.3. The fraction of sp³-hybridized carbons (Fsp3) is 0.500. The van der Waals surface area contributed by atoms with Crippen LogP contribution in [-0.2, 0) is 4.74 Å². The van der Waals surface area contributed by atoms with E-state index in [4.69, 9.17) is 4.74 Å². The number of fused-ring (bicyclic) bond motifs is 1. The molecule has 0 spiro atoms. The van der Waals surface area contributed by atoms with Crippen molar-refractivity contribution in [1.82, 2.24) is 0 Å². The van der Waals surface area contributed by atoms with Gasteiger partial charge in [-0.15, -0.1) is 0 Å². The maximum atomic E-state index is 6.34. The summed E-state index contributed by atoms with van der Waals surface area (Å²) in [5, 5.41) is 0. The first-order valence-corrected chi connectivity index (χ1v) is 15.7. The molecule has 0 amide bonds. The van der Waals surface area contributed by atoms with Gasteiger partial charge in [-0.2, -0.15) is 0 Å². The first-order valence-electron chi connectivity index (χ1n) is 15.7. The molecule has 222 valence electrons. The average Bonchev–Trinajstić information content (AvgIpc) is 3.52. The average molecular weight is 553 g/mol. The summed E-state index contributed by atoms with van der Waals surface area (Å²) in [6, 6.07) is 0. The topological polar surface area (TPSA) is 12.5 Å². The zero-order valence-corrected chi connectivity index (χ0v) is 27.7. The number of rotatable bonds is 10. The highest BCUT2D eigenvalue weighted by atomic mass is 16.6. The first kappa shape index (κ1) is 32.9. The highest BCUT2D eigenvalue weighted by molar-refractivity contribution is 5.38. The number of hydrogen-bond donors (Lipinski definition) is 0. The standard InChI is InChI=1S/C40H56O/c1-31(19-13-21-33(3)24-25-36-35(5)23-15-27-37(36,6)7)17-11-12-18-32(2)20-14-22-34(4)26-30-40-38(8,9)28-16-29-39(40,10)41-40/h11-14,17-22,24-26,30H,15-16,23,27-29H2,1-10H3/b12-11+,19-13+,20-14+,25-24-,30-26+,31-17-,32-18+,33-21-,34-22-. The quantitative estimate of drug-likeness (QED) is 0.194. The van der Waals surface area contributed by atoms with Crippen LogP contribution in [0.4, 0.5) is 0 Å². The van der Waals surface area contributed by atoms with Gasteiger partial charge in [0.15, 0.2) is 0 Å². The lowest BCUT2D eigenvalue weighted by Gasteiger charge is -2.36. The molecule has 1 aliphatic heterocycles. The Morgan fingerprint density at radius 1 is 0.634 bits per heavy atom. The Morgan fingerprint density at radius 3 is 1.73 bits per heavy atom. The fourth-order valence-electron chi connectivity index (χ4n) is 6.72. The van der Waals surface area contributed by atoms with E-state index in [1.54, 1.807) is 5.57 Å². The Kier molecular flexibility index (Phi) is 10.9. The molecule has 41 heavy (non-hydrogen) atoms. The van der Waals surface area contributed by atoms with Gasteiger partial charge in [0.2, 0.25) is 0 Å². The lowest BCUT2D eigenvalue weighted by Crippen LogP contribution is -2.41. The second-order valence-electron chi connectivity index (χ2n) is 14.1. The monoisotopic (exact) mass is 552 g/mol. The van der Waals surface area contributed by atoms with Crippen LogP contribution < -0.4 is 0 Å². The Labute approximate surface area is 252 Å². The van der Waals surface area contributed by atoms with Gasteiger partial charge < -0.3 is 4.74 Å². The third-order valence-corrected chi connectivity index (χ3v) is 9.49. The second kappa shape index (κ2) is 13.6. The maximum Gasteiger partial charge on any atom is 0.121 e. The van der Waals surface area contributed by atoms with Crippen LogP contribution in [0, 0.1) is 10.8 Å². The van der Waals surface area contributed by atoms with Crippen molar-refractivity contribution in [3.05, 3.63) is 119 Å². The smallest absolute Gasteiger partial charge is 0.121 e. The van der Waals surface area contributed by atoms with Crippen LogP contribution in [0.15, 0.2) is 119 Å². The minimum Gasteiger partial charge on any atom is -0.358 e. The van der Waals surface area contributed by atoms with Crippen molar-refractivity contribution in [2.24, 2.45) is 10.8 Å². The van der Waals surface area contributed by atoms with E-state index < -0.39 is 0 Å². The van der Waals surface area contributed by atoms with Gasteiger partial charge in [0.1, 0.15) is 5.60 Å². The molecule has 0 aromatic rings. The van der Waals surface area contributed by atoms with Crippen LogP contribution in [0.25, 0.3) is 0 Å². The number of epoxide rings is 1. The van der Waals surface area contributed by atoms with Crippen LogP contribution in [0.3, 0.4) is 0 Å². The van der Waals surface area contributed by atoms with Crippen LogP contribution in [-0.4, -0.2) is 11.2 Å². The molecule has 3 aliphatic rings. The number of ether oxygens (including phenoxy) is 1. The van der Waals surface area contributed by atoms with Gasteiger partial charge in [-0.25, -0.2) is 0 Å². The van der Waals surface area contributed by atoms with Gasteiger partial charge in [0, 0.05) is 5.41 Å². The predicted molar refractivity (Wildman–Crippen MR) is 181 cm³/mol. The van der Waals surface area contributed by atoms with Crippen LogP contribution in [0.2, 0.25) is 0 Å². The minimum absolute atomic E-state index is 0.0197. The molecule has 1 saturated carbocycles. The normalized spacial score (nSPS) is 29.6. The molecule has 1 nitrogen and oxygen atoms in total. The van der Waals surface area contributed by atoms with E-state index in [1.165, 1.54) is 60.0 Å². The van der Waals surface area contributed by atoms with Crippen LogP contribution in [0.5, 0.6) is 0 Å². The lowest BCUT2D eigenvalue weighted by molar-refractivity contribution is 0.166. The summed E-state index contributed by atoms with van der Waals surface area (Å²) >= 11 is 0. The molecule has 2 fully saturated rings.